The Morgan fingerprint density at radius 2 is 1.55 bits per heavy atom. The van der Waals surface area contributed by atoms with Crippen LogP contribution in [0.4, 0.5) is 4.70 Å². The van der Waals surface area contributed by atoms with Gasteiger partial charge in [-0.25, -0.2) is 0 Å². The first-order valence-electron chi connectivity index (χ1n) is 6.71. The first-order chi connectivity index (χ1) is 9.54. The minimum absolute atomic E-state index is 0. The van der Waals surface area contributed by atoms with Crippen LogP contribution in [-0.2, 0) is 5.60 Å². The summed E-state index contributed by atoms with van der Waals surface area (Å²) in [6.45, 7) is 0.774. The fourth-order valence-electron chi connectivity index (χ4n) is 2.33. The lowest BCUT2D eigenvalue weighted by Crippen LogP contribution is -2.32. The second-order valence-electron chi connectivity index (χ2n) is 5.26. The highest BCUT2D eigenvalue weighted by atomic mass is 35.5. The third kappa shape index (κ3) is 4.68. The molecule has 2 aromatic rings. The van der Waals surface area contributed by atoms with Gasteiger partial charge in [0.05, 0.1) is 0 Å². The molecule has 0 saturated heterocycles. The lowest BCUT2D eigenvalue weighted by atomic mass is 9.83. The highest BCUT2D eigenvalue weighted by molar-refractivity contribution is 6.31. The summed E-state index contributed by atoms with van der Waals surface area (Å²) < 4.78 is 0. The Hall–Kier alpha value is -1.13. The zero-order chi connectivity index (χ0) is 14.6. The van der Waals surface area contributed by atoms with Crippen LogP contribution in [0.2, 0.25) is 5.02 Å². The van der Waals surface area contributed by atoms with E-state index in [4.69, 9.17) is 11.6 Å². The highest BCUT2D eigenvalue weighted by Gasteiger charge is 2.32. The van der Waals surface area contributed by atoms with Crippen LogP contribution in [0.5, 0.6) is 0 Å². The SMILES string of the molecule is CN(C)CCC(O)(c1ccccc1)c1ccccc1Cl.Cl.F. The minimum atomic E-state index is -1.07. The molecule has 1 atom stereocenters. The number of hydrogen-bond acceptors (Lipinski definition) is 2. The van der Waals surface area contributed by atoms with E-state index in [0.717, 1.165) is 17.7 Å². The molecular weight excluding hydrogens is 324 g/mol. The van der Waals surface area contributed by atoms with Crippen molar-refractivity contribution in [3.8, 4) is 0 Å². The van der Waals surface area contributed by atoms with Gasteiger partial charge in [0.1, 0.15) is 5.60 Å². The van der Waals surface area contributed by atoms with Crippen molar-refractivity contribution in [1.82, 2.24) is 4.90 Å². The van der Waals surface area contributed by atoms with E-state index in [0.29, 0.717) is 11.4 Å². The fourth-order valence-corrected chi connectivity index (χ4v) is 2.62. The highest BCUT2D eigenvalue weighted by Crippen LogP contribution is 2.36. The maximum atomic E-state index is 11.3. The van der Waals surface area contributed by atoms with Crippen molar-refractivity contribution in [2.75, 3.05) is 20.6 Å². The molecule has 0 amide bonds. The van der Waals surface area contributed by atoms with Gasteiger partial charge in [0.2, 0.25) is 0 Å². The Morgan fingerprint density at radius 3 is 2.09 bits per heavy atom. The topological polar surface area (TPSA) is 23.5 Å². The molecule has 0 heterocycles. The molecule has 0 aliphatic carbocycles. The fraction of sp³-hybridized carbons (Fsp3) is 0.294. The van der Waals surface area contributed by atoms with E-state index in [1.54, 1.807) is 0 Å². The van der Waals surface area contributed by atoms with Crippen LogP contribution < -0.4 is 0 Å². The summed E-state index contributed by atoms with van der Waals surface area (Å²) in [6.07, 6.45) is 0.591. The molecule has 5 heteroatoms. The molecule has 0 radical (unpaired) electrons. The number of benzene rings is 2. The lowest BCUT2D eigenvalue weighted by molar-refractivity contribution is 0.0630. The smallest absolute Gasteiger partial charge is 0.117 e. The summed E-state index contributed by atoms with van der Waals surface area (Å²) in [5.41, 5.74) is 0.564. The second-order valence-corrected chi connectivity index (χ2v) is 5.67. The summed E-state index contributed by atoms with van der Waals surface area (Å²) in [5.74, 6) is 0. The van der Waals surface area contributed by atoms with E-state index in [2.05, 4.69) is 4.90 Å². The van der Waals surface area contributed by atoms with Gasteiger partial charge in [-0.1, -0.05) is 60.1 Å². The molecule has 122 valence electrons. The second kappa shape index (κ2) is 9.11. The summed E-state index contributed by atoms with van der Waals surface area (Å²) in [7, 11) is 4.00. The van der Waals surface area contributed by atoms with Gasteiger partial charge < -0.3 is 10.0 Å². The molecule has 0 aliphatic heterocycles. The molecule has 0 bridgehead atoms. The monoisotopic (exact) mass is 345 g/mol. The number of aliphatic hydroxyl groups is 1. The molecule has 0 saturated carbocycles. The van der Waals surface area contributed by atoms with Gasteiger partial charge >= 0.3 is 0 Å². The maximum Gasteiger partial charge on any atom is 0.117 e. The Kier molecular flexibility index (Phi) is 8.64. The number of hydrogen-bond donors (Lipinski definition) is 1. The summed E-state index contributed by atoms with van der Waals surface area (Å²) in [5, 5.41) is 11.9. The van der Waals surface area contributed by atoms with Crippen molar-refractivity contribution in [3.05, 3.63) is 70.7 Å². The molecule has 0 aromatic heterocycles. The van der Waals surface area contributed by atoms with Gasteiger partial charge in [-0.15, -0.1) is 12.4 Å². The van der Waals surface area contributed by atoms with Gasteiger partial charge in [0, 0.05) is 17.1 Å². The van der Waals surface area contributed by atoms with Gasteiger partial charge in [-0.05, 0) is 32.1 Å². The van der Waals surface area contributed by atoms with Crippen LogP contribution in [0, 0.1) is 0 Å². The van der Waals surface area contributed by atoms with Crippen molar-refractivity contribution in [2.45, 2.75) is 12.0 Å². The zero-order valence-electron chi connectivity index (χ0n) is 12.7. The maximum absolute atomic E-state index is 11.3. The minimum Gasteiger partial charge on any atom is -0.380 e. The van der Waals surface area contributed by atoms with E-state index in [1.807, 2.05) is 68.7 Å². The van der Waals surface area contributed by atoms with Crippen LogP contribution in [0.3, 0.4) is 0 Å². The predicted octanol–water partition coefficient (Wildman–Crippen LogP) is 4.10. The summed E-state index contributed by atoms with van der Waals surface area (Å²) in [4.78, 5) is 2.06. The first-order valence-corrected chi connectivity index (χ1v) is 7.09. The van der Waals surface area contributed by atoms with Crippen molar-refractivity contribution in [2.24, 2.45) is 0 Å². The number of nitrogens with zero attached hydrogens (tertiary/aromatic N) is 1. The Bertz CT molecular complexity index is 566. The lowest BCUT2D eigenvalue weighted by Gasteiger charge is -2.31. The van der Waals surface area contributed by atoms with E-state index in [9.17, 15) is 5.11 Å². The Morgan fingerprint density at radius 1 is 1.00 bits per heavy atom. The number of rotatable bonds is 5. The first kappa shape index (κ1) is 20.9. The van der Waals surface area contributed by atoms with Crippen LogP contribution in [0.15, 0.2) is 54.6 Å². The standard InChI is InChI=1S/C17H20ClNO.ClH.FH/c1-19(2)13-12-17(20,14-8-4-3-5-9-14)15-10-6-7-11-16(15)18;;/h3-11,20H,12-13H2,1-2H3;2*1H. The predicted molar refractivity (Wildman–Crippen MR) is 93.8 cm³/mol. The molecule has 0 aliphatic rings. The van der Waals surface area contributed by atoms with Crippen LogP contribution in [0.1, 0.15) is 17.5 Å². The third-order valence-corrected chi connectivity index (χ3v) is 3.82. The summed E-state index contributed by atoms with van der Waals surface area (Å²) in [6, 6.07) is 17.2. The number of halogens is 3. The molecule has 0 spiro atoms. The zero-order valence-corrected chi connectivity index (χ0v) is 14.3. The van der Waals surface area contributed by atoms with Gasteiger partial charge in [-0.2, -0.15) is 0 Å². The van der Waals surface area contributed by atoms with Crippen molar-refractivity contribution >= 4 is 24.0 Å². The van der Waals surface area contributed by atoms with E-state index < -0.39 is 5.60 Å². The van der Waals surface area contributed by atoms with Gasteiger partial charge in [0.25, 0.3) is 0 Å². The Balaban J connectivity index is 0.00000220. The summed E-state index contributed by atoms with van der Waals surface area (Å²) >= 11 is 6.30. The average molecular weight is 346 g/mol. The molecule has 1 unspecified atom stereocenters. The van der Waals surface area contributed by atoms with Crippen molar-refractivity contribution in [1.29, 1.82) is 0 Å². The molecule has 1 N–H and O–H groups in total. The van der Waals surface area contributed by atoms with Crippen molar-refractivity contribution in [3.63, 3.8) is 0 Å². The largest absolute Gasteiger partial charge is 0.380 e. The van der Waals surface area contributed by atoms with E-state index in [1.165, 1.54) is 0 Å². The van der Waals surface area contributed by atoms with Gasteiger partial charge in [0.15, 0.2) is 0 Å². The Labute approximate surface area is 142 Å². The van der Waals surface area contributed by atoms with Crippen LogP contribution in [-0.4, -0.2) is 30.6 Å². The quantitative estimate of drug-likeness (QED) is 0.881. The van der Waals surface area contributed by atoms with E-state index >= 15 is 0 Å². The van der Waals surface area contributed by atoms with Crippen molar-refractivity contribution < 1.29 is 9.81 Å². The molecule has 2 nitrogen and oxygen atoms in total. The van der Waals surface area contributed by atoms with Crippen LogP contribution in [0.25, 0.3) is 0 Å². The third-order valence-electron chi connectivity index (χ3n) is 3.49. The van der Waals surface area contributed by atoms with Gasteiger partial charge in [-0.3, -0.25) is 4.70 Å². The van der Waals surface area contributed by atoms with E-state index in [-0.39, 0.29) is 17.1 Å². The average Bonchev–Trinajstić information content (AvgIpc) is 2.46. The normalized spacial score (nSPS) is 13.0. The molecule has 0 fully saturated rings. The molecular formula is C17H22Cl2FNO. The molecule has 2 aromatic carbocycles. The van der Waals surface area contributed by atoms with Crippen LogP contribution >= 0.6 is 24.0 Å². The molecule has 2 rings (SSSR count). The molecule has 22 heavy (non-hydrogen) atoms.